The van der Waals surface area contributed by atoms with Gasteiger partial charge in [0.2, 0.25) is 0 Å². The zero-order valence-electron chi connectivity index (χ0n) is 24.0. The molecule has 2 aliphatic heterocycles. The Morgan fingerprint density at radius 3 is 2.37 bits per heavy atom. The molecule has 0 saturated carbocycles. The zero-order valence-corrected chi connectivity index (χ0v) is 24.8. The molecule has 4 aromatic rings. The largest absolute Gasteiger partial charge is 0.451 e. The number of Topliss-reactive ketones (excluding diaryl/α,β-unsaturated/α-hetero) is 1. The lowest BCUT2D eigenvalue weighted by Gasteiger charge is -2.41. The van der Waals surface area contributed by atoms with E-state index in [4.69, 9.17) is 10.5 Å². The van der Waals surface area contributed by atoms with Crippen LogP contribution in [0.25, 0.3) is 6.08 Å². The van der Waals surface area contributed by atoms with Gasteiger partial charge in [-0.05, 0) is 47.6 Å². The first kappa shape index (κ1) is 28.5. The molecule has 8 nitrogen and oxygen atoms in total. The molecule has 0 spiro atoms. The van der Waals surface area contributed by atoms with E-state index in [0.29, 0.717) is 41.2 Å². The van der Waals surface area contributed by atoms with E-state index in [-0.39, 0.29) is 17.7 Å². The first-order chi connectivity index (χ1) is 20.7. The number of hydrogen-bond acceptors (Lipinski definition) is 8. The number of ether oxygens (including phenoxy) is 1. The number of nitrogens with zero attached hydrogens (tertiary/aromatic N) is 3. The molecule has 2 N–H and O–H groups in total. The van der Waals surface area contributed by atoms with Crippen molar-refractivity contribution in [1.29, 1.82) is 0 Å². The third kappa shape index (κ3) is 5.72. The number of benzene rings is 2. The molecule has 218 valence electrons. The molecule has 1 amide bonds. The van der Waals surface area contributed by atoms with Crippen molar-refractivity contribution in [1.82, 2.24) is 14.9 Å². The molecular formula is C34H32N4O4S. The minimum atomic E-state index is -0.723. The maximum Gasteiger partial charge on any atom is 0.330 e. The van der Waals surface area contributed by atoms with Gasteiger partial charge in [-0.15, -0.1) is 11.3 Å². The van der Waals surface area contributed by atoms with Crippen molar-refractivity contribution in [2.24, 2.45) is 5.41 Å². The summed E-state index contributed by atoms with van der Waals surface area (Å²) in [6, 6.07) is 21.7. The maximum atomic E-state index is 13.8. The number of carbonyl (C=O) groups is 3. The standard InChI is InChI=1S/C34H32N4O4S/c1-34(2)19-27-26(18-24-17-23(15-16-36-24)28(39)14-13-25-20-37-33(35)43-25)31(40)38(27)30(34)32(41)42-29(21-9-5-3-6-10-21)22-11-7-4-8-12-22/h3-12,15-18,20,27,29-30H,13-14,19H2,1-2H3,(H2,35,37)/b26-18+/t27?,30-/m0/s1. The highest BCUT2D eigenvalue weighted by molar-refractivity contribution is 7.15. The van der Waals surface area contributed by atoms with Crippen LogP contribution in [-0.2, 0) is 20.7 Å². The van der Waals surface area contributed by atoms with Crippen LogP contribution in [0.4, 0.5) is 5.13 Å². The van der Waals surface area contributed by atoms with Gasteiger partial charge in [0.25, 0.3) is 5.91 Å². The Labute approximate surface area is 254 Å². The number of fused-ring (bicyclic) bond motifs is 1. The molecule has 4 heterocycles. The van der Waals surface area contributed by atoms with E-state index in [1.807, 2.05) is 74.5 Å². The monoisotopic (exact) mass is 592 g/mol. The van der Waals surface area contributed by atoms with Crippen LogP contribution in [0.3, 0.4) is 0 Å². The third-order valence-corrected chi connectivity index (χ3v) is 9.04. The van der Waals surface area contributed by atoms with Crippen molar-refractivity contribution >= 4 is 40.2 Å². The highest BCUT2D eigenvalue weighted by Crippen LogP contribution is 2.50. The number of aromatic nitrogens is 2. The Hall–Kier alpha value is -4.63. The summed E-state index contributed by atoms with van der Waals surface area (Å²) in [6.45, 7) is 3.99. The molecule has 2 saturated heterocycles. The van der Waals surface area contributed by atoms with Gasteiger partial charge < -0.3 is 15.4 Å². The number of carbonyl (C=O) groups excluding carboxylic acids is 3. The van der Waals surface area contributed by atoms with Gasteiger partial charge in [-0.2, -0.15) is 0 Å². The van der Waals surface area contributed by atoms with Crippen molar-refractivity contribution in [3.8, 4) is 0 Å². The number of nitrogens with two attached hydrogens (primary N) is 1. The van der Waals surface area contributed by atoms with Crippen molar-refractivity contribution in [3.05, 3.63) is 118 Å². The number of aryl methyl sites for hydroxylation is 1. The number of rotatable bonds is 9. The van der Waals surface area contributed by atoms with Crippen LogP contribution < -0.4 is 5.73 Å². The number of hydrogen-bond donors (Lipinski definition) is 1. The normalized spacial score (nSPS) is 19.7. The smallest absolute Gasteiger partial charge is 0.330 e. The average Bonchev–Trinajstić information content (AvgIpc) is 3.55. The number of esters is 1. The lowest BCUT2D eigenvalue weighted by Crippen LogP contribution is -2.58. The molecule has 0 radical (unpaired) electrons. The van der Waals surface area contributed by atoms with E-state index in [9.17, 15) is 14.4 Å². The summed E-state index contributed by atoms with van der Waals surface area (Å²) >= 11 is 1.38. The lowest BCUT2D eigenvalue weighted by molar-refractivity contribution is -0.162. The summed E-state index contributed by atoms with van der Waals surface area (Å²) in [5.74, 6) is -0.660. The van der Waals surface area contributed by atoms with Gasteiger partial charge in [0.1, 0.15) is 6.04 Å². The number of nitrogen functional groups attached to an aromatic ring is 1. The SMILES string of the molecule is CC1(C)CC2/C(=C\c3cc(C(=O)CCc4cnc(N)s4)ccn3)C(=O)N2[C@H]1C(=O)OC(c1ccccc1)c1ccccc1. The van der Waals surface area contributed by atoms with Crippen LogP contribution in [-0.4, -0.2) is 44.6 Å². The topological polar surface area (TPSA) is 115 Å². The molecule has 2 aromatic heterocycles. The first-order valence-electron chi connectivity index (χ1n) is 14.3. The molecule has 0 bridgehead atoms. The Morgan fingerprint density at radius 1 is 1.07 bits per heavy atom. The predicted molar refractivity (Wildman–Crippen MR) is 165 cm³/mol. The molecule has 6 rings (SSSR count). The highest BCUT2D eigenvalue weighted by atomic mass is 32.1. The number of thiazole rings is 1. The lowest BCUT2D eigenvalue weighted by atomic mass is 9.83. The van der Waals surface area contributed by atoms with E-state index in [1.165, 1.54) is 11.3 Å². The molecule has 2 atom stereocenters. The minimum Gasteiger partial charge on any atom is -0.451 e. The summed E-state index contributed by atoms with van der Waals surface area (Å²) in [5, 5.41) is 0.484. The summed E-state index contributed by atoms with van der Waals surface area (Å²) in [6.07, 6.45) is 5.92. The number of ketones is 1. The van der Waals surface area contributed by atoms with Crippen LogP contribution in [0.5, 0.6) is 0 Å². The van der Waals surface area contributed by atoms with Crippen molar-refractivity contribution in [3.63, 3.8) is 0 Å². The van der Waals surface area contributed by atoms with Gasteiger partial charge >= 0.3 is 5.97 Å². The number of pyridine rings is 1. The summed E-state index contributed by atoms with van der Waals surface area (Å²) in [7, 11) is 0. The van der Waals surface area contributed by atoms with E-state index < -0.39 is 23.5 Å². The fourth-order valence-corrected chi connectivity index (χ4v) is 6.73. The highest BCUT2D eigenvalue weighted by Gasteiger charge is 2.61. The Bertz CT molecular complexity index is 1660. The van der Waals surface area contributed by atoms with Crippen LogP contribution in [0.2, 0.25) is 0 Å². The second-order valence-electron chi connectivity index (χ2n) is 11.6. The Kier molecular flexibility index (Phi) is 7.66. The fraction of sp³-hybridized carbons (Fsp3) is 0.265. The maximum absolute atomic E-state index is 13.8. The molecule has 43 heavy (non-hydrogen) atoms. The number of amides is 1. The van der Waals surface area contributed by atoms with E-state index in [0.717, 1.165) is 16.0 Å². The van der Waals surface area contributed by atoms with E-state index in [1.54, 1.807) is 35.5 Å². The predicted octanol–water partition coefficient (Wildman–Crippen LogP) is 5.66. The van der Waals surface area contributed by atoms with Crippen molar-refractivity contribution in [2.75, 3.05) is 5.73 Å². The van der Waals surface area contributed by atoms with Crippen LogP contribution in [0.1, 0.15) is 64.8 Å². The molecule has 2 aromatic carbocycles. The van der Waals surface area contributed by atoms with Crippen LogP contribution in [0.15, 0.2) is 90.8 Å². The molecule has 2 aliphatic rings. The summed E-state index contributed by atoms with van der Waals surface area (Å²) in [5.41, 5.74) is 8.57. The second kappa shape index (κ2) is 11.6. The van der Waals surface area contributed by atoms with Crippen molar-refractivity contribution in [2.45, 2.75) is 51.3 Å². The van der Waals surface area contributed by atoms with E-state index in [2.05, 4.69) is 9.97 Å². The van der Waals surface area contributed by atoms with Gasteiger partial charge in [-0.1, -0.05) is 74.5 Å². The molecular weight excluding hydrogens is 560 g/mol. The molecule has 9 heteroatoms. The average molecular weight is 593 g/mol. The Balaban J connectivity index is 1.19. The molecule has 1 unspecified atom stereocenters. The minimum absolute atomic E-state index is 0.0215. The van der Waals surface area contributed by atoms with Gasteiger partial charge in [0.15, 0.2) is 17.0 Å². The van der Waals surface area contributed by atoms with Gasteiger partial charge in [-0.3, -0.25) is 14.6 Å². The van der Waals surface area contributed by atoms with Gasteiger partial charge in [-0.25, -0.2) is 9.78 Å². The van der Waals surface area contributed by atoms with Crippen LogP contribution >= 0.6 is 11.3 Å². The van der Waals surface area contributed by atoms with Crippen molar-refractivity contribution < 1.29 is 19.1 Å². The van der Waals surface area contributed by atoms with E-state index >= 15 is 0 Å². The summed E-state index contributed by atoms with van der Waals surface area (Å²) in [4.78, 5) is 51.2. The Morgan fingerprint density at radius 2 is 1.74 bits per heavy atom. The molecule has 0 aliphatic carbocycles. The van der Waals surface area contributed by atoms with Gasteiger partial charge in [0.05, 0.1) is 11.7 Å². The number of β-lactam (4-membered cyclic amide) rings is 1. The van der Waals surface area contributed by atoms with Gasteiger partial charge in [0, 0.05) is 34.8 Å². The zero-order chi connectivity index (χ0) is 30.1. The van der Waals surface area contributed by atoms with Crippen LogP contribution in [0, 0.1) is 5.41 Å². The third-order valence-electron chi connectivity index (χ3n) is 8.15. The first-order valence-corrected chi connectivity index (χ1v) is 15.1. The second-order valence-corrected chi connectivity index (χ2v) is 12.8. The summed E-state index contributed by atoms with van der Waals surface area (Å²) < 4.78 is 6.18. The molecule has 2 fully saturated rings. The number of anilines is 1. The quantitative estimate of drug-likeness (QED) is 0.115. The fourth-order valence-electron chi connectivity index (χ4n) is 6.04.